The van der Waals surface area contributed by atoms with Crippen LogP contribution in [0.2, 0.25) is 0 Å². The molecular weight excluding hydrogens is 161 g/mol. The lowest BCUT2D eigenvalue weighted by Gasteiger charge is -1.95. The number of aliphatic carboxylic acids is 1. The maximum atomic E-state index is 11.8. The van der Waals surface area contributed by atoms with Gasteiger partial charge in [-0.3, -0.25) is 4.79 Å². The lowest BCUT2D eigenvalue weighted by atomic mass is 10.2. The Labute approximate surface area is 69.4 Å². The second-order valence-electron chi connectivity index (χ2n) is 2.52. The van der Waals surface area contributed by atoms with E-state index in [4.69, 9.17) is 5.11 Å². The largest absolute Gasteiger partial charge is 0.481 e. The zero-order valence-electron chi connectivity index (χ0n) is 6.53. The first kappa shape index (κ1) is 8.77. The molecule has 1 aromatic heterocycles. The van der Waals surface area contributed by atoms with Gasteiger partial charge in [0.15, 0.2) is 0 Å². The molecule has 0 saturated carbocycles. The van der Waals surface area contributed by atoms with E-state index < -0.39 is 12.6 Å². The van der Waals surface area contributed by atoms with Gasteiger partial charge in [-0.05, 0) is 11.6 Å². The molecule has 0 radical (unpaired) electrons. The molecule has 4 heteroatoms. The lowest BCUT2D eigenvalue weighted by Crippen LogP contribution is -1.99. The van der Waals surface area contributed by atoms with E-state index in [0.717, 1.165) is 0 Å². The molecule has 0 unspecified atom stereocenters. The number of halogens is 1. The van der Waals surface area contributed by atoms with Crippen molar-refractivity contribution in [3.63, 3.8) is 0 Å². The Kier molecular flexibility index (Phi) is 2.85. The van der Waals surface area contributed by atoms with Gasteiger partial charge < -0.3 is 9.67 Å². The third-order valence-corrected chi connectivity index (χ3v) is 1.51. The first-order valence-corrected chi connectivity index (χ1v) is 3.65. The van der Waals surface area contributed by atoms with Crippen LogP contribution in [0, 0.1) is 0 Å². The topological polar surface area (TPSA) is 42.2 Å². The van der Waals surface area contributed by atoms with Gasteiger partial charge in [-0.25, -0.2) is 4.39 Å². The van der Waals surface area contributed by atoms with E-state index in [1.165, 1.54) is 0 Å². The first-order valence-electron chi connectivity index (χ1n) is 3.65. The minimum absolute atomic E-state index is 0.000709. The van der Waals surface area contributed by atoms with Crippen LogP contribution in [0.25, 0.3) is 0 Å². The molecule has 3 nitrogen and oxygen atoms in total. The van der Waals surface area contributed by atoms with Crippen molar-refractivity contribution < 1.29 is 14.3 Å². The summed E-state index contributed by atoms with van der Waals surface area (Å²) in [6, 6.07) is 1.68. The van der Waals surface area contributed by atoms with Crippen LogP contribution in [-0.2, 0) is 17.8 Å². The molecule has 12 heavy (non-hydrogen) atoms. The van der Waals surface area contributed by atoms with E-state index in [9.17, 15) is 9.18 Å². The molecule has 1 N–H and O–H groups in total. The Balaban J connectivity index is 2.58. The molecule has 0 amide bonds. The lowest BCUT2D eigenvalue weighted by molar-refractivity contribution is -0.136. The van der Waals surface area contributed by atoms with Crippen molar-refractivity contribution in [3.8, 4) is 0 Å². The summed E-state index contributed by atoms with van der Waals surface area (Å²) in [5.41, 5.74) is 0.705. The van der Waals surface area contributed by atoms with Crippen LogP contribution in [0.1, 0.15) is 5.56 Å². The Morgan fingerprint density at radius 3 is 3.00 bits per heavy atom. The zero-order valence-corrected chi connectivity index (χ0v) is 6.53. The number of aromatic nitrogens is 1. The van der Waals surface area contributed by atoms with Crippen molar-refractivity contribution in [1.82, 2.24) is 4.57 Å². The second-order valence-corrected chi connectivity index (χ2v) is 2.52. The highest BCUT2D eigenvalue weighted by Gasteiger charge is 2.01. The minimum atomic E-state index is -0.868. The normalized spacial score (nSPS) is 10.1. The van der Waals surface area contributed by atoms with Crippen LogP contribution < -0.4 is 0 Å². The molecule has 0 aliphatic rings. The molecule has 0 bridgehead atoms. The fourth-order valence-electron chi connectivity index (χ4n) is 1.01. The molecule has 0 aromatic carbocycles. The maximum Gasteiger partial charge on any atom is 0.307 e. The molecular formula is C8H10FNO2. The number of carboxylic acid groups (broad SMARTS) is 1. The average Bonchev–Trinajstić information content (AvgIpc) is 2.36. The fraction of sp³-hybridized carbons (Fsp3) is 0.375. The summed E-state index contributed by atoms with van der Waals surface area (Å²) < 4.78 is 13.5. The van der Waals surface area contributed by atoms with Crippen molar-refractivity contribution in [2.24, 2.45) is 0 Å². The standard InChI is InChI=1S/C8H10FNO2/c9-2-4-10-3-1-7(6-10)5-8(11)12/h1,3,6H,2,4-5H2,(H,11,12). The Morgan fingerprint density at radius 2 is 2.42 bits per heavy atom. The smallest absolute Gasteiger partial charge is 0.307 e. The number of hydrogen-bond acceptors (Lipinski definition) is 1. The second kappa shape index (κ2) is 3.90. The monoisotopic (exact) mass is 171 g/mol. The molecule has 0 aliphatic heterocycles. The number of carbonyl (C=O) groups is 1. The van der Waals surface area contributed by atoms with Crippen molar-refractivity contribution >= 4 is 5.97 Å². The van der Waals surface area contributed by atoms with Crippen LogP contribution in [-0.4, -0.2) is 22.3 Å². The number of nitrogens with zero attached hydrogens (tertiary/aromatic N) is 1. The van der Waals surface area contributed by atoms with Gasteiger partial charge in [-0.2, -0.15) is 0 Å². The highest BCUT2D eigenvalue weighted by atomic mass is 19.1. The summed E-state index contributed by atoms with van der Waals surface area (Å²) in [6.45, 7) is -0.138. The van der Waals surface area contributed by atoms with Crippen molar-refractivity contribution in [1.29, 1.82) is 0 Å². The van der Waals surface area contributed by atoms with E-state index in [2.05, 4.69) is 0 Å². The predicted octanol–water partition coefficient (Wildman–Crippen LogP) is 1.08. The van der Waals surface area contributed by atoms with Gasteiger partial charge in [0.2, 0.25) is 0 Å². The van der Waals surface area contributed by atoms with Gasteiger partial charge in [-0.15, -0.1) is 0 Å². The SMILES string of the molecule is O=C(O)Cc1ccn(CCF)c1. The van der Waals surface area contributed by atoms with Gasteiger partial charge in [0.05, 0.1) is 13.0 Å². The molecule has 0 saturated heterocycles. The fourth-order valence-corrected chi connectivity index (χ4v) is 1.01. The quantitative estimate of drug-likeness (QED) is 0.736. The van der Waals surface area contributed by atoms with Crippen LogP contribution in [0.15, 0.2) is 18.5 Å². The summed E-state index contributed by atoms with van der Waals surface area (Å²) in [4.78, 5) is 10.3. The Bertz CT molecular complexity index is 270. The summed E-state index contributed by atoms with van der Waals surface area (Å²) >= 11 is 0. The average molecular weight is 171 g/mol. The number of alkyl halides is 1. The van der Waals surface area contributed by atoms with Gasteiger partial charge >= 0.3 is 5.97 Å². The van der Waals surface area contributed by atoms with Crippen molar-refractivity contribution in [2.45, 2.75) is 13.0 Å². The molecule has 0 spiro atoms. The van der Waals surface area contributed by atoms with E-state index >= 15 is 0 Å². The van der Waals surface area contributed by atoms with Crippen LogP contribution in [0.5, 0.6) is 0 Å². The van der Waals surface area contributed by atoms with E-state index in [1.54, 1.807) is 23.0 Å². The van der Waals surface area contributed by atoms with Crippen LogP contribution in [0.4, 0.5) is 4.39 Å². The molecule has 66 valence electrons. The van der Waals surface area contributed by atoms with Gasteiger partial charge in [-0.1, -0.05) is 0 Å². The first-order chi connectivity index (χ1) is 5.72. The molecule has 1 heterocycles. The number of rotatable bonds is 4. The molecule has 0 atom stereocenters. The molecule has 1 aromatic rings. The number of hydrogen-bond donors (Lipinski definition) is 1. The van der Waals surface area contributed by atoms with Gasteiger partial charge in [0, 0.05) is 12.4 Å². The molecule has 1 rings (SSSR count). The van der Waals surface area contributed by atoms with Crippen LogP contribution >= 0.6 is 0 Å². The number of aryl methyl sites for hydroxylation is 1. The summed E-state index contributed by atoms with van der Waals surface area (Å²) in [5.74, 6) is -0.868. The number of carboxylic acids is 1. The summed E-state index contributed by atoms with van der Waals surface area (Å²) in [6.07, 6.45) is 3.32. The predicted molar refractivity (Wildman–Crippen MR) is 41.7 cm³/mol. The zero-order chi connectivity index (χ0) is 8.97. The summed E-state index contributed by atoms with van der Waals surface area (Å²) in [5, 5.41) is 8.42. The van der Waals surface area contributed by atoms with Gasteiger partial charge in [0.25, 0.3) is 0 Å². The third-order valence-electron chi connectivity index (χ3n) is 1.51. The highest BCUT2D eigenvalue weighted by molar-refractivity contribution is 5.69. The minimum Gasteiger partial charge on any atom is -0.481 e. The highest BCUT2D eigenvalue weighted by Crippen LogP contribution is 2.02. The third kappa shape index (κ3) is 2.38. The van der Waals surface area contributed by atoms with Crippen molar-refractivity contribution in [3.05, 3.63) is 24.0 Å². The van der Waals surface area contributed by atoms with E-state index in [-0.39, 0.29) is 6.42 Å². The Morgan fingerprint density at radius 1 is 1.67 bits per heavy atom. The van der Waals surface area contributed by atoms with E-state index in [0.29, 0.717) is 12.1 Å². The summed E-state index contributed by atoms with van der Waals surface area (Å²) in [7, 11) is 0. The Hall–Kier alpha value is -1.32. The maximum absolute atomic E-state index is 11.8. The van der Waals surface area contributed by atoms with Gasteiger partial charge in [0.1, 0.15) is 6.67 Å². The van der Waals surface area contributed by atoms with Crippen molar-refractivity contribution in [2.75, 3.05) is 6.67 Å². The van der Waals surface area contributed by atoms with E-state index in [1.807, 2.05) is 0 Å². The van der Waals surface area contributed by atoms with Crippen LogP contribution in [0.3, 0.4) is 0 Å². The molecule has 0 aliphatic carbocycles. The molecule has 0 fully saturated rings.